The molecule has 34 heavy (non-hydrogen) atoms. The highest BCUT2D eigenvalue weighted by Crippen LogP contribution is 2.36. The number of rotatable bonds is 6. The van der Waals surface area contributed by atoms with Crippen LogP contribution in [0.15, 0.2) is 97.5 Å². The van der Waals surface area contributed by atoms with Gasteiger partial charge in [-0.05, 0) is 42.3 Å². The number of benzene rings is 2. The number of nitrogens with zero attached hydrogens (tertiary/aromatic N) is 3. The van der Waals surface area contributed by atoms with Crippen LogP contribution in [0.2, 0.25) is 0 Å². The van der Waals surface area contributed by atoms with Crippen molar-refractivity contribution >= 4 is 16.7 Å². The number of hydrogen-bond donors (Lipinski definition) is 1. The van der Waals surface area contributed by atoms with Crippen molar-refractivity contribution in [2.45, 2.75) is 19.4 Å². The minimum atomic E-state index is -0.487. The van der Waals surface area contributed by atoms with Crippen LogP contribution < -0.4 is 5.73 Å². The van der Waals surface area contributed by atoms with Crippen LogP contribution in [-0.4, -0.2) is 20.7 Å². The maximum absolute atomic E-state index is 12.8. The average Bonchev–Trinajstić information content (AvgIpc) is 2.89. The Bertz CT molecular complexity index is 1450. The van der Waals surface area contributed by atoms with Crippen molar-refractivity contribution in [2.24, 2.45) is 0 Å². The molecular formula is C29H25N4O+. The molecule has 0 amide bonds. The molecule has 0 saturated heterocycles. The highest BCUT2D eigenvalue weighted by molar-refractivity contribution is 5.97. The van der Waals surface area contributed by atoms with Crippen molar-refractivity contribution in [1.82, 2.24) is 15.0 Å². The number of hydrogen-bond acceptors (Lipinski definition) is 4. The maximum atomic E-state index is 12.8. The summed E-state index contributed by atoms with van der Waals surface area (Å²) in [6, 6.07) is 26.4. The van der Waals surface area contributed by atoms with E-state index in [0.29, 0.717) is 5.69 Å². The molecule has 0 saturated carbocycles. The summed E-state index contributed by atoms with van der Waals surface area (Å²) in [6.45, 7) is 2.35. The van der Waals surface area contributed by atoms with Gasteiger partial charge in [0.05, 0.1) is 29.4 Å². The predicted octanol–water partition coefficient (Wildman–Crippen LogP) is 4.82. The van der Waals surface area contributed by atoms with Crippen LogP contribution >= 0.6 is 0 Å². The van der Waals surface area contributed by atoms with Crippen molar-refractivity contribution in [2.75, 3.05) is 0 Å². The molecule has 166 valence electrons. The van der Waals surface area contributed by atoms with Crippen molar-refractivity contribution in [1.29, 1.82) is 0 Å². The summed E-state index contributed by atoms with van der Waals surface area (Å²) in [5, 5.41) is 0.872. The minimum absolute atomic E-state index is 0.0281. The van der Waals surface area contributed by atoms with Crippen LogP contribution in [-0.2, 0) is 11.3 Å². The largest absolute Gasteiger partial charge is 0.354 e. The van der Waals surface area contributed by atoms with Crippen LogP contribution in [0, 0.1) is 0 Å². The lowest BCUT2D eigenvalue weighted by Gasteiger charge is -2.18. The topological polar surface area (TPSA) is 83.4 Å². The first-order chi connectivity index (χ1) is 16.7. The number of quaternary nitrogens is 1. The monoisotopic (exact) mass is 445 g/mol. The molecule has 3 N–H and O–H groups in total. The Morgan fingerprint density at radius 2 is 1.62 bits per heavy atom. The van der Waals surface area contributed by atoms with E-state index in [1.807, 2.05) is 36.4 Å². The Hall–Kier alpha value is -4.22. The SMILES string of the molecule is CC(=O)C(c1ccncc1)c1nccc2nc(-c3ccc(C[NH3+])cc3)c(-c3ccccc3)cc12. The van der Waals surface area contributed by atoms with E-state index in [2.05, 4.69) is 58.2 Å². The lowest BCUT2D eigenvalue weighted by molar-refractivity contribution is -0.386. The summed E-state index contributed by atoms with van der Waals surface area (Å²) in [6.07, 6.45) is 5.15. The van der Waals surface area contributed by atoms with Crippen molar-refractivity contribution in [3.8, 4) is 22.4 Å². The zero-order valence-corrected chi connectivity index (χ0v) is 19.0. The quantitative estimate of drug-likeness (QED) is 0.406. The second-order valence-electron chi connectivity index (χ2n) is 8.28. The van der Waals surface area contributed by atoms with Gasteiger partial charge < -0.3 is 5.73 Å². The predicted molar refractivity (Wildman–Crippen MR) is 134 cm³/mol. The van der Waals surface area contributed by atoms with Gasteiger partial charge in [0.25, 0.3) is 0 Å². The van der Waals surface area contributed by atoms with E-state index in [1.165, 1.54) is 5.56 Å². The average molecular weight is 446 g/mol. The van der Waals surface area contributed by atoms with E-state index < -0.39 is 5.92 Å². The third kappa shape index (κ3) is 4.09. The smallest absolute Gasteiger partial charge is 0.143 e. The third-order valence-corrected chi connectivity index (χ3v) is 6.09. The molecule has 0 fully saturated rings. The molecule has 5 aromatic rings. The van der Waals surface area contributed by atoms with E-state index in [-0.39, 0.29) is 5.78 Å². The number of carbonyl (C=O) groups excluding carboxylic acids is 1. The minimum Gasteiger partial charge on any atom is -0.354 e. The fourth-order valence-electron chi connectivity index (χ4n) is 4.38. The summed E-state index contributed by atoms with van der Waals surface area (Å²) in [7, 11) is 0. The number of fused-ring (bicyclic) bond motifs is 1. The van der Waals surface area contributed by atoms with E-state index in [1.54, 1.807) is 25.5 Å². The van der Waals surface area contributed by atoms with E-state index >= 15 is 0 Å². The summed E-state index contributed by atoms with van der Waals surface area (Å²) in [4.78, 5) is 26.7. The molecule has 5 heteroatoms. The molecule has 5 rings (SSSR count). The van der Waals surface area contributed by atoms with Gasteiger partial charge >= 0.3 is 0 Å². The third-order valence-electron chi connectivity index (χ3n) is 6.09. The van der Waals surface area contributed by atoms with Crippen LogP contribution in [0.3, 0.4) is 0 Å². The van der Waals surface area contributed by atoms with E-state index in [0.717, 1.165) is 45.4 Å². The standard InChI is InChI=1S/C29H24N4O/c1-19(34)27(22-11-14-31-15-12-22)29-25-17-24(21-5-3-2-4-6-21)28(33-26(25)13-16-32-29)23-9-7-20(18-30)8-10-23/h2-17,27H,18,30H2,1H3/p+1. The zero-order valence-electron chi connectivity index (χ0n) is 19.0. The second-order valence-corrected chi connectivity index (χ2v) is 8.28. The first kappa shape index (κ1) is 21.6. The Labute approximate surface area is 198 Å². The second kappa shape index (κ2) is 9.33. The first-order valence-corrected chi connectivity index (χ1v) is 11.3. The number of pyridine rings is 3. The molecule has 0 bridgehead atoms. The van der Waals surface area contributed by atoms with Gasteiger partial charge in [-0.2, -0.15) is 0 Å². The molecule has 1 unspecified atom stereocenters. The normalized spacial score (nSPS) is 11.9. The number of carbonyl (C=O) groups is 1. The summed E-state index contributed by atoms with van der Waals surface area (Å²) < 4.78 is 0. The van der Waals surface area contributed by atoms with Gasteiger partial charge in [0.15, 0.2) is 0 Å². The fourth-order valence-corrected chi connectivity index (χ4v) is 4.38. The van der Waals surface area contributed by atoms with E-state index in [9.17, 15) is 4.79 Å². The van der Waals surface area contributed by atoms with E-state index in [4.69, 9.17) is 4.98 Å². The fraction of sp³-hybridized carbons (Fsp3) is 0.103. The molecule has 3 aromatic heterocycles. The molecule has 0 aliphatic heterocycles. The van der Waals surface area contributed by atoms with Gasteiger partial charge in [-0.3, -0.25) is 14.8 Å². The first-order valence-electron chi connectivity index (χ1n) is 11.3. The van der Waals surface area contributed by atoms with Crippen LogP contribution in [0.1, 0.15) is 29.7 Å². The van der Waals surface area contributed by atoms with Gasteiger partial charge in [-0.25, -0.2) is 4.98 Å². The van der Waals surface area contributed by atoms with Crippen molar-refractivity contribution < 1.29 is 10.5 Å². The Kier molecular flexibility index (Phi) is 5.93. The molecule has 3 heterocycles. The Balaban J connectivity index is 1.77. The Morgan fingerprint density at radius 3 is 2.29 bits per heavy atom. The number of ketones is 1. The van der Waals surface area contributed by atoms with Gasteiger partial charge in [0.2, 0.25) is 0 Å². The van der Waals surface area contributed by atoms with Crippen LogP contribution in [0.4, 0.5) is 0 Å². The maximum Gasteiger partial charge on any atom is 0.143 e. The van der Waals surface area contributed by atoms with Gasteiger partial charge in [-0.1, -0.05) is 54.6 Å². The van der Waals surface area contributed by atoms with Crippen LogP contribution in [0.5, 0.6) is 0 Å². The molecule has 5 nitrogen and oxygen atoms in total. The number of aromatic nitrogens is 3. The molecular weight excluding hydrogens is 420 g/mol. The lowest BCUT2D eigenvalue weighted by atomic mass is 9.89. The highest BCUT2D eigenvalue weighted by Gasteiger charge is 2.24. The van der Waals surface area contributed by atoms with Crippen LogP contribution in [0.25, 0.3) is 33.3 Å². The molecule has 2 aromatic carbocycles. The molecule has 0 aliphatic carbocycles. The van der Waals surface area contributed by atoms with Gasteiger partial charge in [0.1, 0.15) is 5.78 Å². The zero-order chi connectivity index (χ0) is 23.5. The summed E-state index contributed by atoms with van der Waals surface area (Å²) >= 11 is 0. The van der Waals surface area contributed by atoms with Crippen molar-refractivity contribution in [3.05, 3.63) is 114 Å². The molecule has 0 aliphatic rings. The molecule has 0 spiro atoms. The summed E-state index contributed by atoms with van der Waals surface area (Å²) in [5.41, 5.74) is 11.5. The summed E-state index contributed by atoms with van der Waals surface area (Å²) in [5.74, 6) is -0.459. The van der Waals surface area contributed by atoms with Gasteiger partial charge in [-0.15, -0.1) is 0 Å². The van der Waals surface area contributed by atoms with Crippen molar-refractivity contribution in [3.63, 3.8) is 0 Å². The molecule has 1 atom stereocenters. The molecule has 0 radical (unpaired) electrons. The number of Topliss-reactive ketones (excluding diaryl/α,β-unsaturated/α-hetero) is 1. The van der Waals surface area contributed by atoms with Gasteiger partial charge in [0, 0.05) is 40.7 Å². The Morgan fingerprint density at radius 1 is 0.882 bits per heavy atom. The lowest BCUT2D eigenvalue weighted by Crippen LogP contribution is -2.47. The highest BCUT2D eigenvalue weighted by atomic mass is 16.1.